The van der Waals surface area contributed by atoms with E-state index in [1.807, 2.05) is 6.92 Å². The molecule has 1 aliphatic heterocycles. The molecule has 5 heteroatoms. The fourth-order valence-corrected chi connectivity index (χ4v) is 2.86. The summed E-state index contributed by atoms with van der Waals surface area (Å²) in [7, 11) is 0. The smallest absolute Gasteiger partial charge is 0.339 e. The Morgan fingerprint density at radius 2 is 2.05 bits per heavy atom. The zero-order valence-corrected chi connectivity index (χ0v) is 12.5. The van der Waals surface area contributed by atoms with Crippen molar-refractivity contribution in [3.8, 4) is 0 Å². The summed E-state index contributed by atoms with van der Waals surface area (Å²) in [6, 6.07) is 0. The second kappa shape index (κ2) is 6.20. The molecule has 0 radical (unpaired) electrons. The molecule has 1 N–H and O–H groups in total. The minimum atomic E-state index is -0.910. The predicted molar refractivity (Wildman–Crippen MR) is 78.3 cm³/mol. The largest absolute Gasteiger partial charge is 0.478 e. The molecule has 1 fully saturated rings. The summed E-state index contributed by atoms with van der Waals surface area (Å²) >= 11 is 0. The van der Waals surface area contributed by atoms with E-state index in [9.17, 15) is 9.90 Å². The van der Waals surface area contributed by atoms with Crippen LogP contribution >= 0.6 is 0 Å². The number of carboxylic acids is 1. The van der Waals surface area contributed by atoms with Gasteiger partial charge in [-0.1, -0.05) is 13.3 Å². The Bertz CT molecular complexity index is 502. The molecule has 1 atom stereocenters. The first-order valence-electron chi connectivity index (χ1n) is 7.36. The Balaban J connectivity index is 2.32. The number of hydrogen-bond donors (Lipinski definition) is 1. The van der Waals surface area contributed by atoms with Crippen LogP contribution in [0.3, 0.4) is 0 Å². The van der Waals surface area contributed by atoms with Crippen molar-refractivity contribution >= 4 is 11.8 Å². The van der Waals surface area contributed by atoms with E-state index in [1.54, 1.807) is 6.92 Å². The maximum Gasteiger partial charge on any atom is 0.339 e. The van der Waals surface area contributed by atoms with Crippen LogP contribution in [-0.4, -0.2) is 34.4 Å². The Kier molecular flexibility index (Phi) is 4.57. The number of nitrogens with zero attached hydrogens (tertiary/aromatic N) is 3. The van der Waals surface area contributed by atoms with Gasteiger partial charge < -0.3 is 10.0 Å². The van der Waals surface area contributed by atoms with Crippen LogP contribution in [0.25, 0.3) is 0 Å². The fourth-order valence-electron chi connectivity index (χ4n) is 2.86. The van der Waals surface area contributed by atoms with Crippen LogP contribution in [0.4, 0.5) is 5.82 Å². The molecule has 1 unspecified atom stereocenters. The average molecular weight is 277 g/mol. The summed E-state index contributed by atoms with van der Waals surface area (Å²) in [6.45, 7) is 7.57. The minimum Gasteiger partial charge on any atom is -0.478 e. The summed E-state index contributed by atoms with van der Waals surface area (Å²) in [4.78, 5) is 13.6. The fraction of sp³-hybridized carbons (Fsp3) is 0.667. The molecule has 0 amide bonds. The number of anilines is 1. The Morgan fingerprint density at radius 3 is 2.70 bits per heavy atom. The lowest BCUT2D eigenvalue weighted by Crippen LogP contribution is -2.28. The van der Waals surface area contributed by atoms with Crippen LogP contribution in [0, 0.1) is 19.8 Å². The minimum absolute atomic E-state index is 0.312. The van der Waals surface area contributed by atoms with Crippen molar-refractivity contribution < 1.29 is 9.90 Å². The first-order chi connectivity index (χ1) is 9.54. The summed E-state index contributed by atoms with van der Waals surface area (Å²) in [6.07, 6.45) is 4.60. The number of carboxylic acid groups (broad SMARTS) is 1. The van der Waals surface area contributed by atoms with Gasteiger partial charge in [-0.15, -0.1) is 5.10 Å². The van der Waals surface area contributed by atoms with E-state index in [1.165, 1.54) is 12.8 Å². The van der Waals surface area contributed by atoms with E-state index in [2.05, 4.69) is 22.0 Å². The molecule has 0 bridgehead atoms. The van der Waals surface area contributed by atoms with E-state index in [0.717, 1.165) is 37.4 Å². The van der Waals surface area contributed by atoms with Crippen molar-refractivity contribution in [2.45, 2.75) is 46.5 Å². The van der Waals surface area contributed by atoms with Crippen molar-refractivity contribution in [1.29, 1.82) is 0 Å². The number of rotatable bonds is 3. The van der Waals surface area contributed by atoms with Gasteiger partial charge in [0.25, 0.3) is 0 Å². The lowest BCUT2D eigenvalue weighted by molar-refractivity contribution is 0.0696. The van der Waals surface area contributed by atoms with Crippen LogP contribution in [-0.2, 0) is 0 Å². The number of aromatic nitrogens is 2. The lowest BCUT2D eigenvalue weighted by Gasteiger charge is -2.23. The molecular formula is C15H23N3O2. The summed E-state index contributed by atoms with van der Waals surface area (Å²) in [5.74, 6) is 0.372. The molecule has 1 aromatic rings. The summed E-state index contributed by atoms with van der Waals surface area (Å²) in [5, 5.41) is 17.8. The van der Waals surface area contributed by atoms with E-state index >= 15 is 0 Å². The van der Waals surface area contributed by atoms with Crippen LogP contribution < -0.4 is 4.90 Å². The second-order valence-corrected chi connectivity index (χ2v) is 5.61. The van der Waals surface area contributed by atoms with Gasteiger partial charge in [0.2, 0.25) is 0 Å². The highest BCUT2D eigenvalue weighted by molar-refractivity contribution is 5.95. The van der Waals surface area contributed by atoms with Crippen molar-refractivity contribution in [2.75, 3.05) is 18.0 Å². The Labute approximate surface area is 120 Å². The number of aromatic carboxylic acids is 1. The topological polar surface area (TPSA) is 66.3 Å². The SMILES string of the molecule is CCC1CCCN(c2nnc(C)c(C)c2C(=O)O)CC1. The number of aryl methyl sites for hydroxylation is 1. The van der Waals surface area contributed by atoms with Gasteiger partial charge in [-0.2, -0.15) is 5.10 Å². The van der Waals surface area contributed by atoms with Crippen molar-refractivity contribution in [3.63, 3.8) is 0 Å². The standard InChI is InChI=1S/C15H23N3O2/c1-4-12-6-5-8-18(9-7-12)14-13(15(19)20)10(2)11(3)16-17-14/h12H,4-9H2,1-3H3,(H,19,20). The zero-order chi connectivity index (χ0) is 14.7. The summed E-state index contributed by atoms with van der Waals surface area (Å²) in [5.41, 5.74) is 1.72. The lowest BCUT2D eigenvalue weighted by atomic mass is 9.98. The summed E-state index contributed by atoms with van der Waals surface area (Å²) < 4.78 is 0. The molecule has 1 aliphatic rings. The van der Waals surface area contributed by atoms with Gasteiger partial charge in [-0.25, -0.2) is 4.79 Å². The second-order valence-electron chi connectivity index (χ2n) is 5.61. The molecule has 5 nitrogen and oxygen atoms in total. The highest BCUT2D eigenvalue weighted by atomic mass is 16.4. The maximum absolute atomic E-state index is 11.5. The van der Waals surface area contributed by atoms with Crippen LogP contribution in [0.2, 0.25) is 0 Å². The third-order valence-corrected chi connectivity index (χ3v) is 4.37. The van der Waals surface area contributed by atoms with Gasteiger partial charge >= 0.3 is 5.97 Å². The van der Waals surface area contributed by atoms with Crippen LogP contribution in [0.5, 0.6) is 0 Å². The number of hydrogen-bond acceptors (Lipinski definition) is 4. The molecule has 2 rings (SSSR count). The van der Waals surface area contributed by atoms with Gasteiger partial charge in [0.15, 0.2) is 5.82 Å². The monoisotopic (exact) mass is 277 g/mol. The third kappa shape index (κ3) is 2.92. The molecule has 0 aliphatic carbocycles. The molecule has 0 saturated carbocycles. The van der Waals surface area contributed by atoms with E-state index < -0.39 is 5.97 Å². The van der Waals surface area contributed by atoms with Gasteiger partial charge in [0.1, 0.15) is 5.56 Å². The van der Waals surface area contributed by atoms with Crippen molar-refractivity contribution in [2.24, 2.45) is 5.92 Å². The van der Waals surface area contributed by atoms with E-state index in [0.29, 0.717) is 17.1 Å². The molecular weight excluding hydrogens is 254 g/mol. The Morgan fingerprint density at radius 1 is 1.30 bits per heavy atom. The molecule has 110 valence electrons. The number of carbonyl (C=O) groups is 1. The highest BCUT2D eigenvalue weighted by Crippen LogP contribution is 2.27. The first kappa shape index (κ1) is 14.8. The van der Waals surface area contributed by atoms with Crippen molar-refractivity contribution in [1.82, 2.24) is 10.2 Å². The van der Waals surface area contributed by atoms with Gasteiger partial charge in [0, 0.05) is 13.1 Å². The van der Waals surface area contributed by atoms with Gasteiger partial charge in [-0.05, 0) is 44.6 Å². The van der Waals surface area contributed by atoms with Crippen LogP contribution in [0.1, 0.15) is 54.2 Å². The zero-order valence-electron chi connectivity index (χ0n) is 12.5. The molecule has 20 heavy (non-hydrogen) atoms. The van der Waals surface area contributed by atoms with E-state index in [-0.39, 0.29) is 0 Å². The van der Waals surface area contributed by atoms with E-state index in [4.69, 9.17) is 0 Å². The first-order valence-corrected chi connectivity index (χ1v) is 7.36. The molecule has 0 spiro atoms. The molecule has 1 saturated heterocycles. The third-order valence-electron chi connectivity index (χ3n) is 4.37. The molecule has 0 aromatic carbocycles. The normalized spacial score (nSPS) is 19.8. The van der Waals surface area contributed by atoms with Crippen molar-refractivity contribution in [3.05, 3.63) is 16.8 Å². The highest BCUT2D eigenvalue weighted by Gasteiger charge is 2.24. The van der Waals surface area contributed by atoms with Gasteiger partial charge in [0.05, 0.1) is 5.69 Å². The molecule has 1 aromatic heterocycles. The predicted octanol–water partition coefficient (Wildman–Crippen LogP) is 2.81. The molecule has 2 heterocycles. The Hall–Kier alpha value is -1.65. The maximum atomic E-state index is 11.5. The van der Waals surface area contributed by atoms with Gasteiger partial charge in [-0.3, -0.25) is 0 Å². The quantitative estimate of drug-likeness (QED) is 0.920. The average Bonchev–Trinajstić information content (AvgIpc) is 2.66. The van der Waals surface area contributed by atoms with Crippen LogP contribution in [0.15, 0.2) is 0 Å².